The Morgan fingerprint density at radius 1 is 1.17 bits per heavy atom. The summed E-state index contributed by atoms with van der Waals surface area (Å²) in [7, 11) is 0. The molecule has 0 radical (unpaired) electrons. The maximum absolute atomic E-state index is 13.5. The number of likely N-dealkylation sites (tertiary alicyclic amines) is 1. The molecule has 0 spiro atoms. The number of aliphatic hydroxyl groups excluding tert-OH is 1. The molecule has 0 unspecified atom stereocenters. The molecule has 1 saturated carbocycles. The van der Waals surface area contributed by atoms with E-state index in [0.717, 1.165) is 42.4 Å². The number of nitrogens with zero attached hydrogens (tertiary/aromatic N) is 2. The summed E-state index contributed by atoms with van der Waals surface area (Å²) < 4.78 is 13.5. The Hall–Kier alpha value is -2.91. The average Bonchev–Trinajstić information content (AvgIpc) is 3.21. The molecular weight excluding hydrogens is 369 g/mol. The first kappa shape index (κ1) is 19.4. The van der Waals surface area contributed by atoms with E-state index in [1.54, 1.807) is 6.07 Å². The molecule has 2 aromatic carbocycles. The van der Waals surface area contributed by atoms with Crippen molar-refractivity contribution in [2.75, 3.05) is 6.61 Å². The Morgan fingerprint density at radius 2 is 1.90 bits per heavy atom. The van der Waals surface area contributed by atoms with Crippen LogP contribution in [0.15, 0.2) is 48.5 Å². The number of amides is 2. The van der Waals surface area contributed by atoms with Crippen LogP contribution in [-0.2, 0) is 0 Å². The largest absolute Gasteiger partial charge is 0.394 e. The van der Waals surface area contributed by atoms with Crippen LogP contribution >= 0.6 is 0 Å². The minimum absolute atomic E-state index is 0.158. The Bertz CT molecular complexity index is 918. The molecule has 1 aliphatic carbocycles. The molecule has 1 heterocycles. The van der Waals surface area contributed by atoms with Crippen molar-refractivity contribution in [1.82, 2.24) is 10.2 Å². The fraction of sp³-hybridized carbons (Fsp3) is 0.391. The maximum atomic E-state index is 13.5. The van der Waals surface area contributed by atoms with Crippen molar-refractivity contribution < 1.29 is 14.3 Å². The van der Waals surface area contributed by atoms with E-state index >= 15 is 0 Å². The Labute approximate surface area is 169 Å². The fourth-order valence-corrected chi connectivity index (χ4v) is 4.57. The molecule has 4 rings (SSSR count). The van der Waals surface area contributed by atoms with E-state index in [1.807, 2.05) is 30.3 Å². The highest BCUT2D eigenvalue weighted by atomic mass is 19.1. The van der Waals surface area contributed by atoms with Crippen LogP contribution in [0.4, 0.5) is 9.18 Å². The number of benzene rings is 2. The van der Waals surface area contributed by atoms with Crippen LogP contribution in [0, 0.1) is 17.1 Å². The number of nitriles is 1. The Morgan fingerprint density at radius 3 is 2.52 bits per heavy atom. The molecule has 0 aromatic heterocycles. The summed E-state index contributed by atoms with van der Waals surface area (Å²) >= 11 is 0. The van der Waals surface area contributed by atoms with Gasteiger partial charge in [0.25, 0.3) is 0 Å². The average molecular weight is 393 g/mol. The molecule has 1 aliphatic heterocycles. The molecular formula is C23H24FN3O2. The van der Waals surface area contributed by atoms with Gasteiger partial charge in [-0.2, -0.15) is 5.26 Å². The first-order valence-electron chi connectivity index (χ1n) is 10.1. The van der Waals surface area contributed by atoms with Crippen molar-refractivity contribution in [3.05, 3.63) is 59.9 Å². The zero-order valence-electron chi connectivity index (χ0n) is 16.1. The predicted molar refractivity (Wildman–Crippen MR) is 107 cm³/mol. The first-order valence-corrected chi connectivity index (χ1v) is 10.1. The molecule has 5 nitrogen and oxygen atoms in total. The normalized spacial score (nSPS) is 24.0. The van der Waals surface area contributed by atoms with Crippen LogP contribution in [0.3, 0.4) is 0 Å². The molecule has 150 valence electrons. The summed E-state index contributed by atoms with van der Waals surface area (Å²) in [5.74, 6) is -0.541. The van der Waals surface area contributed by atoms with Gasteiger partial charge < -0.3 is 15.3 Å². The zero-order valence-corrected chi connectivity index (χ0v) is 16.1. The van der Waals surface area contributed by atoms with Crippen LogP contribution < -0.4 is 5.32 Å². The third kappa shape index (κ3) is 3.70. The van der Waals surface area contributed by atoms with E-state index in [9.17, 15) is 19.6 Å². The maximum Gasteiger partial charge on any atom is 0.319 e. The second-order valence-electron chi connectivity index (χ2n) is 7.82. The van der Waals surface area contributed by atoms with Crippen LogP contribution in [0.5, 0.6) is 0 Å². The summed E-state index contributed by atoms with van der Waals surface area (Å²) in [5, 5.41) is 22.6. The van der Waals surface area contributed by atoms with E-state index in [4.69, 9.17) is 0 Å². The smallest absolute Gasteiger partial charge is 0.319 e. The minimum atomic E-state index is -0.617. The fourth-order valence-electron chi connectivity index (χ4n) is 4.57. The molecule has 2 amide bonds. The van der Waals surface area contributed by atoms with Gasteiger partial charge in [0.05, 0.1) is 18.7 Å². The molecule has 2 aliphatic rings. The molecule has 6 heteroatoms. The third-order valence-electron chi connectivity index (χ3n) is 6.10. The number of carbonyl (C=O) groups is 1. The number of urea groups is 1. The molecule has 0 bridgehead atoms. The standard InChI is InChI=1S/C23H24FN3O2/c24-18-5-3-4-17(12-18)15-8-10-16(11-9-15)22-20(13-25)27(21(22)14-28)23(29)26-19-6-1-2-7-19/h3-5,8-12,19-22,28H,1-2,6-7,14H2,(H,26,29)/t20-,21-,22-/m1/s1. The first-order chi connectivity index (χ1) is 14.1. The molecule has 2 aromatic rings. The van der Waals surface area contributed by atoms with Crippen LogP contribution in [0.2, 0.25) is 0 Å². The predicted octanol–water partition coefficient (Wildman–Crippen LogP) is 3.80. The van der Waals surface area contributed by atoms with Gasteiger partial charge in [0, 0.05) is 12.0 Å². The summed E-state index contributed by atoms with van der Waals surface area (Å²) in [5.41, 5.74) is 2.54. The van der Waals surface area contributed by atoms with Crippen molar-refractivity contribution in [3.8, 4) is 17.2 Å². The number of halogens is 1. The van der Waals surface area contributed by atoms with Gasteiger partial charge in [0.1, 0.15) is 11.9 Å². The SMILES string of the molecule is N#C[C@@H]1[C@@H](c2ccc(-c3cccc(F)c3)cc2)[C@@H](CO)N1C(=O)NC1CCCC1. The summed E-state index contributed by atoms with van der Waals surface area (Å²) in [6, 6.07) is 15.0. The van der Waals surface area contributed by atoms with Gasteiger partial charge in [-0.1, -0.05) is 49.2 Å². The lowest BCUT2D eigenvalue weighted by atomic mass is 9.75. The van der Waals surface area contributed by atoms with E-state index in [1.165, 1.54) is 17.0 Å². The van der Waals surface area contributed by atoms with Gasteiger partial charge in [-0.25, -0.2) is 9.18 Å². The van der Waals surface area contributed by atoms with E-state index in [2.05, 4.69) is 11.4 Å². The van der Waals surface area contributed by atoms with Crippen molar-refractivity contribution >= 4 is 6.03 Å². The highest BCUT2D eigenvalue weighted by molar-refractivity contribution is 5.78. The quantitative estimate of drug-likeness (QED) is 0.830. The van der Waals surface area contributed by atoms with Crippen LogP contribution in [-0.4, -0.2) is 40.8 Å². The van der Waals surface area contributed by atoms with E-state index in [0.29, 0.717) is 0 Å². The summed E-state index contributed by atoms with van der Waals surface area (Å²) in [6.45, 7) is -0.202. The topological polar surface area (TPSA) is 76.4 Å². The third-order valence-corrected chi connectivity index (χ3v) is 6.10. The highest BCUT2D eigenvalue weighted by Crippen LogP contribution is 2.41. The molecule has 2 fully saturated rings. The second kappa shape index (κ2) is 8.22. The monoisotopic (exact) mass is 393 g/mol. The number of rotatable bonds is 4. The van der Waals surface area contributed by atoms with E-state index < -0.39 is 12.1 Å². The van der Waals surface area contributed by atoms with Gasteiger partial charge in [-0.3, -0.25) is 0 Å². The number of aliphatic hydroxyl groups is 1. The molecule has 2 N–H and O–H groups in total. The lowest BCUT2D eigenvalue weighted by Crippen LogP contribution is -2.67. The molecule has 3 atom stereocenters. The van der Waals surface area contributed by atoms with Crippen LogP contribution in [0.25, 0.3) is 11.1 Å². The van der Waals surface area contributed by atoms with E-state index in [-0.39, 0.29) is 30.4 Å². The zero-order chi connectivity index (χ0) is 20.4. The van der Waals surface area contributed by atoms with Crippen molar-refractivity contribution in [2.24, 2.45) is 0 Å². The van der Waals surface area contributed by atoms with Gasteiger partial charge >= 0.3 is 6.03 Å². The number of nitrogens with one attached hydrogen (secondary N) is 1. The Kier molecular flexibility index (Phi) is 5.50. The van der Waals surface area contributed by atoms with Gasteiger partial charge in [-0.05, 0) is 41.7 Å². The number of carbonyl (C=O) groups excluding carboxylic acids is 1. The van der Waals surface area contributed by atoms with Gasteiger partial charge in [-0.15, -0.1) is 0 Å². The summed E-state index contributed by atoms with van der Waals surface area (Å²) in [6.07, 6.45) is 4.14. The second-order valence-corrected chi connectivity index (χ2v) is 7.82. The minimum Gasteiger partial charge on any atom is -0.394 e. The lowest BCUT2D eigenvalue weighted by Gasteiger charge is -2.51. The summed E-state index contributed by atoms with van der Waals surface area (Å²) in [4.78, 5) is 14.2. The molecule has 1 saturated heterocycles. The number of hydrogen-bond acceptors (Lipinski definition) is 3. The lowest BCUT2D eigenvalue weighted by molar-refractivity contribution is 0.0158. The Balaban J connectivity index is 1.51. The molecule has 29 heavy (non-hydrogen) atoms. The highest BCUT2D eigenvalue weighted by Gasteiger charge is 2.52. The van der Waals surface area contributed by atoms with Crippen molar-refractivity contribution in [2.45, 2.75) is 49.7 Å². The van der Waals surface area contributed by atoms with Crippen LogP contribution in [0.1, 0.15) is 37.2 Å². The number of hydrogen-bond donors (Lipinski definition) is 2. The van der Waals surface area contributed by atoms with Gasteiger partial charge in [0.2, 0.25) is 0 Å². The van der Waals surface area contributed by atoms with Crippen molar-refractivity contribution in [3.63, 3.8) is 0 Å². The van der Waals surface area contributed by atoms with Gasteiger partial charge in [0.15, 0.2) is 0 Å². The van der Waals surface area contributed by atoms with Crippen molar-refractivity contribution in [1.29, 1.82) is 5.26 Å².